The van der Waals surface area contributed by atoms with Crippen molar-refractivity contribution in [1.82, 2.24) is 9.88 Å². The Morgan fingerprint density at radius 2 is 1.77 bits per heavy atom. The number of aromatic nitrogens is 1. The van der Waals surface area contributed by atoms with Gasteiger partial charge in [0, 0.05) is 42.7 Å². The summed E-state index contributed by atoms with van der Waals surface area (Å²) in [5, 5.41) is 12.2. The number of benzene rings is 2. The molecule has 4 nitrogen and oxygen atoms in total. The third-order valence-electron chi connectivity index (χ3n) is 5.88. The molecule has 0 saturated carbocycles. The van der Waals surface area contributed by atoms with Gasteiger partial charge in [-0.1, -0.05) is 50.2 Å². The Kier molecular flexibility index (Phi) is 7.29. The molecule has 0 bridgehead atoms. The van der Waals surface area contributed by atoms with Crippen molar-refractivity contribution in [2.45, 2.75) is 26.4 Å². The largest absolute Gasteiger partial charge is 0.388 e. The Labute approximate surface area is 183 Å². The van der Waals surface area contributed by atoms with Crippen molar-refractivity contribution in [3.8, 4) is 11.3 Å². The van der Waals surface area contributed by atoms with Gasteiger partial charge in [0.1, 0.15) is 11.6 Å². The zero-order valence-electron chi connectivity index (χ0n) is 17.5. The highest BCUT2D eigenvalue weighted by Gasteiger charge is 2.20. The number of piperazine rings is 1. The first-order chi connectivity index (χ1) is 14.1. The summed E-state index contributed by atoms with van der Waals surface area (Å²) in [5.74, 6) is 0.580. The normalized spacial score (nSPS) is 15.8. The Bertz CT molecular complexity index is 1000. The van der Waals surface area contributed by atoms with Gasteiger partial charge in [-0.25, -0.2) is 9.37 Å². The molecule has 0 radical (unpaired) electrons. The van der Waals surface area contributed by atoms with Gasteiger partial charge in [-0.05, 0) is 30.5 Å². The molecule has 4 rings (SSSR count). The van der Waals surface area contributed by atoms with E-state index >= 15 is 0 Å². The third-order valence-corrected chi connectivity index (χ3v) is 5.88. The molecule has 0 aliphatic carbocycles. The van der Waals surface area contributed by atoms with E-state index in [1.807, 2.05) is 31.2 Å². The van der Waals surface area contributed by atoms with Crippen molar-refractivity contribution >= 4 is 29.0 Å². The molecule has 1 aliphatic rings. The first kappa shape index (κ1) is 22.5. The molecule has 3 aromatic rings. The van der Waals surface area contributed by atoms with E-state index in [0.717, 1.165) is 60.6 Å². The van der Waals surface area contributed by atoms with Crippen LogP contribution >= 0.6 is 12.4 Å². The highest BCUT2D eigenvalue weighted by Crippen LogP contribution is 2.32. The van der Waals surface area contributed by atoms with Crippen LogP contribution in [0.2, 0.25) is 0 Å². The van der Waals surface area contributed by atoms with E-state index in [0.29, 0.717) is 12.0 Å². The van der Waals surface area contributed by atoms with E-state index in [-0.39, 0.29) is 18.2 Å². The lowest BCUT2D eigenvalue weighted by molar-refractivity contribution is 0.169. The lowest BCUT2D eigenvalue weighted by Crippen LogP contribution is -2.46. The van der Waals surface area contributed by atoms with Crippen LogP contribution in [0.1, 0.15) is 31.9 Å². The maximum atomic E-state index is 14.6. The number of aliphatic hydroxyl groups excluding tert-OH is 1. The van der Waals surface area contributed by atoms with Gasteiger partial charge in [0.25, 0.3) is 0 Å². The fourth-order valence-corrected chi connectivity index (χ4v) is 4.02. The summed E-state index contributed by atoms with van der Waals surface area (Å²) in [6, 6.07) is 15.3. The summed E-state index contributed by atoms with van der Waals surface area (Å²) >= 11 is 0. The van der Waals surface area contributed by atoms with Gasteiger partial charge in [-0.2, -0.15) is 0 Å². The second kappa shape index (κ2) is 9.73. The Morgan fingerprint density at radius 3 is 2.43 bits per heavy atom. The van der Waals surface area contributed by atoms with Crippen LogP contribution in [0.15, 0.2) is 48.5 Å². The average Bonchev–Trinajstić information content (AvgIpc) is 2.77. The van der Waals surface area contributed by atoms with Crippen LogP contribution < -0.4 is 4.90 Å². The third kappa shape index (κ3) is 4.43. The minimum atomic E-state index is -0.779. The first-order valence-electron chi connectivity index (χ1n) is 10.5. The highest BCUT2D eigenvalue weighted by atomic mass is 35.5. The van der Waals surface area contributed by atoms with Crippen LogP contribution in [0.25, 0.3) is 22.0 Å². The number of hydrogen-bond acceptors (Lipinski definition) is 4. The van der Waals surface area contributed by atoms with Crippen LogP contribution in [-0.2, 0) is 0 Å². The molecule has 1 atom stereocenters. The van der Waals surface area contributed by atoms with Gasteiger partial charge in [-0.3, -0.25) is 0 Å². The maximum Gasteiger partial charge on any atom is 0.137 e. The van der Waals surface area contributed by atoms with Gasteiger partial charge in [0.15, 0.2) is 0 Å². The van der Waals surface area contributed by atoms with E-state index in [4.69, 9.17) is 4.98 Å². The predicted octanol–water partition coefficient (Wildman–Crippen LogP) is 5.05. The average molecular weight is 430 g/mol. The Morgan fingerprint density at radius 1 is 1.03 bits per heavy atom. The molecule has 2 aromatic carbocycles. The SMILES string of the molecule is CCC(O)c1ccc(-c2cc3ccccc3c(N3CCN(CC)CC3)n2)cc1F.Cl. The molecular weight excluding hydrogens is 401 g/mol. The zero-order valence-corrected chi connectivity index (χ0v) is 18.3. The molecule has 1 unspecified atom stereocenters. The molecule has 6 heteroatoms. The molecule has 1 N–H and O–H groups in total. The molecule has 1 aromatic heterocycles. The number of aliphatic hydroxyl groups is 1. The number of rotatable bonds is 5. The van der Waals surface area contributed by atoms with E-state index < -0.39 is 6.10 Å². The van der Waals surface area contributed by atoms with Crippen molar-refractivity contribution < 1.29 is 9.50 Å². The molecule has 0 spiro atoms. The van der Waals surface area contributed by atoms with Crippen LogP contribution in [0, 0.1) is 5.82 Å². The number of nitrogens with zero attached hydrogens (tertiary/aromatic N) is 3. The van der Waals surface area contributed by atoms with Gasteiger partial charge in [-0.15, -0.1) is 12.4 Å². The molecule has 2 heterocycles. The summed E-state index contributed by atoms with van der Waals surface area (Å²) in [6.07, 6.45) is -0.294. The van der Waals surface area contributed by atoms with Gasteiger partial charge < -0.3 is 14.9 Å². The summed E-state index contributed by atoms with van der Waals surface area (Å²) in [6.45, 7) is 9.01. The van der Waals surface area contributed by atoms with Gasteiger partial charge >= 0.3 is 0 Å². The Balaban J connectivity index is 0.00000256. The summed E-state index contributed by atoms with van der Waals surface area (Å²) in [4.78, 5) is 9.74. The van der Waals surface area contributed by atoms with Crippen molar-refractivity contribution in [1.29, 1.82) is 0 Å². The molecule has 1 aliphatic heterocycles. The zero-order chi connectivity index (χ0) is 20.4. The lowest BCUT2D eigenvalue weighted by Gasteiger charge is -2.35. The number of hydrogen-bond donors (Lipinski definition) is 1. The first-order valence-corrected chi connectivity index (χ1v) is 10.5. The Hall–Kier alpha value is -2.21. The van der Waals surface area contributed by atoms with Crippen molar-refractivity contribution in [2.24, 2.45) is 0 Å². The minimum absolute atomic E-state index is 0. The maximum absolute atomic E-state index is 14.6. The van der Waals surface area contributed by atoms with Crippen LogP contribution in [0.3, 0.4) is 0 Å². The molecule has 30 heavy (non-hydrogen) atoms. The van der Waals surface area contributed by atoms with Crippen molar-refractivity contribution in [2.75, 3.05) is 37.6 Å². The van der Waals surface area contributed by atoms with E-state index in [2.05, 4.69) is 28.9 Å². The van der Waals surface area contributed by atoms with Crippen LogP contribution in [0.4, 0.5) is 10.2 Å². The number of likely N-dealkylation sites (N-methyl/N-ethyl adjacent to an activating group) is 1. The highest BCUT2D eigenvalue weighted by molar-refractivity contribution is 5.95. The molecule has 1 saturated heterocycles. The van der Waals surface area contributed by atoms with Crippen molar-refractivity contribution in [3.63, 3.8) is 0 Å². The number of anilines is 1. The van der Waals surface area contributed by atoms with E-state index in [1.165, 1.54) is 6.07 Å². The quantitative estimate of drug-likeness (QED) is 0.616. The second-order valence-electron chi connectivity index (χ2n) is 7.63. The monoisotopic (exact) mass is 429 g/mol. The van der Waals surface area contributed by atoms with Gasteiger partial charge in [0.05, 0.1) is 11.8 Å². The van der Waals surface area contributed by atoms with E-state index in [9.17, 15) is 9.50 Å². The molecule has 160 valence electrons. The smallest absolute Gasteiger partial charge is 0.137 e. The fraction of sp³-hybridized carbons (Fsp3) is 0.375. The number of fused-ring (bicyclic) bond motifs is 1. The number of pyridine rings is 1. The minimum Gasteiger partial charge on any atom is -0.388 e. The lowest BCUT2D eigenvalue weighted by atomic mass is 10.0. The fourth-order valence-electron chi connectivity index (χ4n) is 4.02. The second-order valence-corrected chi connectivity index (χ2v) is 7.63. The number of halogens is 2. The predicted molar refractivity (Wildman–Crippen MR) is 124 cm³/mol. The standard InChI is InChI=1S/C24H28FN3O.ClH/c1-3-23(29)20-10-9-18(15-21(20)25)22-16-17-7-5-6-8-19(17)24(26-22)28-13-11-27(4-2)12-14-28;/h5-10,15-16,23,29H,3-4,11-14H2,1-2H3;1H. The topological polar surface area (TPSA) is 39.6 Å². The molecule has 1 fully saturated rings. The van der Waals surface area contributed by atoms with Crippen LogP contribution in [-0.4, -0.2) is 47.7 Å². The van der Waals surface area contributed by atoms with Crippen LogP contribution in [0.5, 0.6) is 0 Å². The van der Waals surface area contributed by atoms with E-state index in [1.54, 1.807) is 6.07 Å². The van der Waals surface area contributed by atoms with Crippen molar-refractivity contribution in [3.05, 3.63) is 59.9 Å². The summed E-state index contributed by atoms with van der Waals surface area (Å²) in [5.41, 5.74) is 1.83. The summed E-state index contributed by atoms with van der Waals surface area (Å²) < 4.78 is 14.6. The molecule has 0 amide bonds. The van der Waals surface area contributed by atoms with Gasteiger partial charge in [0.2, 0.25) is 0 Å². The molecular formula is C24H29ClFN3O. The summed E-state index contributed by atoms with van der Waals surface area (Å²) in [7, 11) is 0.